The first-order valence-corrected chi connectivity index (χ1v) is 10.2. The summed E-state index contributed by atoms with van der Waals surface area (Å²) in [6, 6.07) is 9.79. The Balaban J connectivity index is 1.64. The van der Waals surface area contributed by atoms with E-state index in [9.17, 15) is 9.59 Å². The fourth-order valence-electron chi connectivity index (χ4n) is 3.10. The molecule has 0 unspecified atom stereocenters. The van der Waals surface area contributed by atoms with Gasteiger partial charge in [0.2, 0.25) is 5.91 Å². The molecule has 0 atom stereocenters. The summed E-state index contributed by atoms with van der Waals surface area (Å²) >= 11 is 3.02. The Bertz CT molecular complexity index is 1170. The lowest BCUT2D eigenvalue weighted by Gasteiger charge is -2.09. The van der Waals surface area contributed by atoms with Gasteiger partial charge in [0, 0.05) is 21.5 Å². The summed E-state index contributed by atoms with van der Waals surface area (Å²) in [5.41, 5.74) is 3.56. The lowest BCUT2D eigenvalue weighted by Crippen LogP contribution is -2.27. The number of carbonyl (C=O) groups is 1. The largest absolute Gasteiger partial charge is 0.325 e. The molecule has 0 spiro atoms. The van der Waals surface area contributed by atoms with Crippen LogP contribution in [-0.2, 0) is 11.3 Å². The van der Waals surface area contributed by atoms with Gasteiger partial charge in [-0.2, -0.15) is 0 Å². The zero-order chi connectivity index (χ0) is 19.0. The second-order valence-electron chi connectivity index (χ2n) is 6.41. The fourth-order valence-corrected chi connectivity index (χ4v) is 4.82. The van der Waals surface area contributed by atoms with E-state index >= 15 is 0 Å². The monoisotopic (exact) mass is 395 g/mol. The zero-order valence-electron chi connectivity index (χ0n) is 14.9. The van der Waals surface area contributed by atoms with E-state index in [0.717, 1.165) is 27.3 Å². The Hall–Kier alpha value is -2.77. The number of nitrogens with one attached hydrogen (secondary N) is 1. The van der Waals surface area contributed by atoms with E-state index < -0.39 is 0 Å². The molecule has 0 saturated heterocycles. The van der Waals surface area contributed by atoms with E-state index in [4.69, 9.17) is 0 Å². The first-order valence-electron chi connectivity index (χ1n) is 8.40. The molecule has 3 heterocycles. The standard InChI is InChI=1S/C20H17N3O2S2/c1-12-6-13(2)8-14(7-12)22-17(24)9-23-11-21-19-18(20(23)25)15(10-27-19)16-4-3-5-26-16/h3-8,10-11H,9H2,1-2H3,(H,22,24). The molecule has 0 fully saturated rings. The SMILES string of the molecule is Cc1cc(C)cc(NC(=O)Cn2cnc3scc(-c4cccs4)c3c2=O)c1. The molecule has 4 aromatic rings. The highest BCUT2D eigenvalue weighted by Crippen LogP contribution is 2.33. The number of thiophene rings is 2. The van der Waals surface area contributed by atoms with Gasteiger partial charge < -0.3 is 5.32 Å². The highest BCUT2D eigenvalue weighted by Gasteiger charge is 2.15. The quantitative estimate of drug-likeness (QED) is 0.555. The predicted molar refractivity (Wildman–Crippen MR) is 112 cm³/mol. The van der Waals surface area contributed by atoms with E-state index in [1.807, 2.05) is 54.9 Å². The van der Waals surface area contributed by atoms with Crippen LogP contribution in [0.5, 0.6) is 0 Å². The smallest absolute Gasteiger partial charge is 0.263 e. The van der Waals surface area contributed by atoms with Crippen LogP contribution in [0.3, 0.4) is 0 Å². The van der Waals surface area contributed by atoms with Gasteiger partial charge in [-0.15, -0.1) is 22.7 Å². The second kappa shape index (κ2) is 7.09. The van der Waals surface area contributed by atoms with Gasteiger partial charge >= 0.3 is 0 Å². The first kappa shape index (κ1) is 17.6. The van der Waals surface area contributed by atoms with E-state index in [2.05, 4.69) is 10.3 Å². The molecule has 5 nitrogen and oxygen atoms in total. The van der Waals surface area contributed by atoms with Gasteiger partial charge in [0.05, 0.1) is 11.7 Å². The normalized spacial score (nSPS) is 11.0. The van der Waals surface area contributed by atoms with Gasteiger partial charge in [-0.05, 0) is 48.6 Å². The highest BCUT2D eigenvalue weighted by atomic mass is 32.1. The number of nitrogens with zero attached hydrogens (tertiary/aromatic N) is 2. The van der Waals surface area contributed by atoms with Gasteiger partial charge in [-0.25, -0.2) is 4.98 Å². The van der Waals surface area contributed by atoms with Crippen molar-refractivity contribution in [1.29, 1.82) is 0 Å². The van der Waals surface area contributed by atoms with Crippen molar-refractivity contribution < 1.29 is 4.79 Å². The topological polar surface area (TPSA) is 64.0 Å². The molecule has 0 aliphatic heterocycles. The van der Waals surface area contributed by atoms with Crippen LogP contribution in [0, 0.1) is 13.8 Å². The molecule has 0 radical (unpaired) electrons. The fraction of sp³-hybridized carbons (Fsp3) is 0.150. The molecule has 1 aromatic carbocycles. The summed E-state index contributed by atoms with van der Waals surface area (Å²) in [6.07, 6.45) is 1.44. The third-order valence-electron chi connectivity index (χ3n) is 4.17. The Morgan fingerprint density at radius 1 is 1.19 bits per heavy atom. The molecular formula is C20H17N3O2S2. The number of rotatable bonds is 4. The molecular weight excluding hydrogens is 378 g/mol. The molecule has 1 amide bonds. The summed E-state index contributed by atoms with van der Waals surface area (Å²) in [4.78, 5) is 31.5. The number of benzene rings is 1. The minimum Gasteiger partial charge on any atom is -0.325 e. The van der Waals surface area contributed by atoms with Crippen molar-refractivity contribution in [3.05, 3.63) is 68.9 Å². The van der Waals surface area contributed by atoms with Crippen molar-refractivity contribution >= 4 is 44.5 Å². The second-order valence-corrected chi connectivity index (χ2v) is 8.21. The zero-order valence-corrected chi connectivity index (χ0v) is 16.5. The third kappa shape index (κ3) is 3.56. The molecule has 0 bridgehead atoms. The third-order valence-corrected chi connectivity index (χ3v) is 5.96. The number of fused-ring (bicyclic) bond motifs is 1. The Morgan fingerprint density at radius 2 is 1.96 bits per heavy atom. The maximum Gasteiger partial charge on any atom is 0.263 e. The van der Waals surface area contributed by atoms with Crippen LogP contribution < -0.4 is 10.9 Å². The molecule has 4 rings (SSSR count). The van der Waals surface area contributed by atoms with Gasteiger partial charge in [0.1, 0.15) is 11.4 Å². The Kier molecular flexibility index (Phi) is 4.63. The van der Waals surface area contributed by atoms with E-state index in [1.165, 1.54) is 22.2 Å². The Labute approximate surface area is 163 Å². The lowest BCUT2D eigenvalue weighted by atomic mass is 10.1. The maximum absolute atomic E-state index is 13.0. The predicted octanol–water partition coefficient (Wildman–Crippen LogP) is 4.44. The average Bonchev–Trinajstić information content (AvgIpc) is 3.25. The summed E-state index contributed by atoms with van der Waals surface area (Å²) in [5, 5.41) is 7.36. The van der Waals surface area contributed by atoms with Crippen molar-refractivity contribution in [3.63, 3.8) is 0 Å². The van der Waals surface area contributed by atoms with E-state index in [1.54, 1.807) is 11.3 Å². The lowest BCUT2D eigenvalue weighted by molar-refractivity contribution is -0.116. The van der Waals surface area contributed by atoms with Crippen LogP contribution in [0.15, 0.2) is 52.2 Å². The van der Waals surface area contributed by atoms with Crippen molar-refractivity contribution in [2.24, 2.45) is 0 Å². The first-order chi connectivity index (χ1) is 13.0. The molecule has 1 N–H and O–H groups in total. The van der Waals surface area contributed by atoms with Crippen molar-refractivity contribution in [2.75, 3.05) is 5.32 Å². The molecule has 0 aliphatic carbocycles. The maximum atomic E-state index is 13.0. The van der Waals surface area contributed by atoms with Gasteiger partial charge in [-0.1, -0.05) is 12.1 Å². The number of aromatic nitrogens is 2. The number of amides is 1. The van der Waals surface area contributed by atoms with Crippen LogP contribution in [-0.4, -0.2) is 15.5 Å². The molecule has 136 valence electrons. The van der Waals surface area contributed by atoms with Crippen LogP contribution in [0.25, 0.3) is 20.7 Å². The number of anilines is 1. The molecule has 0 aliphatic rings. The van der Waals surface area contributed by atoms with E-state index in [-0.39, 0.29) is 18.0 Å². The number of hydrogen-bond acceptors (Lipinski definition) is 5. The van der Waals surface area contributed by atoms with Crippen molar-refractivity contribution in [3.8, 4) is 10.4 Å². The minimum absolute atomic E-state index is 0.0749. The summed E-state index contributed by atoms with van der Waals surface area (Å²) in [6.45, 7) is 3.88. The van der Waals surface area contributed by atoms with Gasteiger partial charge in [0.15, 0.2) is 0 Å². The molecule has 27 heavy (non-hydrogen) atoms. The number of carbonyl (C=O) groups excluding carboxylic acids is 1. The average molecular weight is 396 g/mol. The van der Waals surface area contributed by atoms with Crippen molar-refractivity contribution in [1.82, 2.24) is 9.55 Å². The molecule has 0 saturated carbocycles. The summed E-state index contributed by atoms with van der Waals surface area (Å²) in [5.74, 6) is -0.254. The van der Waals surface area contributed by atoms with E-state index in [0.29, 0.717) is 10.2 Å². The minimum atomic E-state index is -0.254. The van der Waals surface area contributed by atoms with Crippen LogP contribution in [0.2, 0.25) is 0 Å². The van der Waals surface area contributed by atoms with Crippen LogP contribution >= 0.6 is 22.7 Å². The Morgan fingerprint density at radius 3 is 2.67 bits per heavy atom. The van der Waals surface area contributed by atoms with Gasteiger partial charge in [-0.3, -0.25) is 14.2 Å². The summed E-state index contributed by atoms with van der Waals surface area (Å²) < 4.78 is 1.37. The van der Waals surface area contributed by atoms with Crippen LogP contribution in [0.4, 0.5) is 5.69 Å². The molecule has 7 heteroatoms. The number of hydrogen-bond donors (Lipinski definition) is 1. The molecule has 3 aromatic heterocycles. The highest BCUT2D eigenvalue weighted by molar-refractivity contribution is 7.18. The van der Waals surface area contributed by atoms with Crippen LogP contribution in [0.1, 0.15) is 11.1 Å². The number of aryl methyl sites for hydroxylation is 2. The van der Waals surface area contributed by atoms with Crippen molar-refractivity contribution in [2.45, 2.75) is 20.4 Å². The van der Waals surface area contributed by atoms with Gasteiger partial charge in [0.25, 0.3) is 5.56 Å². The summed E-state index contributed by atoms with van der Waals surface area (Å²) in [7, 11) is 0.